The summed E-state index contributed by atoms with van der Waals surface area (Å²) >= 11 is 6.05. The van der Waals surface area contributed by atoms with Crippen LogP contribution >= 0.6 is 11.6 Å². The maximum absolute atomic E-state index is 6.05. The van der Waals surface area contributed by atoms with Crippen LogP contribution in [0.4, 0.5) is 11.7 Å². The minimum atomic E-state index is 0.336. The number of halogens is 1. The largest absolute Gasteiger partial charge is 0.406 e. The molecule has 0 aliphatic heterocycles. The lowest BCUT2D eigenvalue weighted by Gasteiger charge is -2.04. The predicted molar refractivity (Wildman–Crippen MR) is 66.5 cm³/mol. The highest BCUT2D eigenvalue weighted by molar-refractivity contribution is 6.33. The van der Waals surface area contributed by atoms with Crippen LogP contribution in [0.5, 0.6) is 0 Å². The van der Waals surface area contributed by atoms with Gasteiger partial charge in [-0.25, -0.2) is 0 Å². The molecule has 0 saturated carbocycles. The summed E-state index contributed by atoms with van der Waals surface area (Å²) in [7, 11) is 1.81. The molecule has 0 saturated heterocycles. The van der Waals surface area contributed by atoms with E-state index < -0.39 is 0 Å². The molecule has 1 heterocycles. The van der Waals surface area contributed by atoms with Gasteiger partial charge in [-0.1, -0.05) is 22.8 Å². The van der Waals surface area contributed by atoms with Crippen LogP contribution in [0.3, 0.4) is 0 Å². The van der Waals surface area contributed by atoms with E-state index in [1.54, 1.807) is 0 Å². The molecule has 6 heteroatoms. The Balaban J connectivity index is 2.16. The van der Waals surface area contributed by atoms with Crippen molar-refractivity contribution in [3.05, 3.63) is 34.7 Å². The van der Waals surface area contributed by atoms with Crippen LogP contribution in [-0.2, 0) is 6.54 Å². The number of hydrogen-bond acceptors (Lipinski definition) is 5. The van der Waals surface area contributed by atoms with E-state index >= 15 is 0 Å². The monoisotopic (exact) mass is 252 g/mol. The van der Waals surface area contributed by atoms with Gasteiger partial charge in [0.2, 0.25) is 5.89 Å². The number of aromatic nitrogens is 2. The Labute approximate surface area is 104 Å². The van der Waals surface area contributed by atoms with Gasteiger partial charge >= 0.3 is 6.01 Å². The molecule has 1 aromatic carbocycles. The number of rotatable bonds is 4. The minimum Gasteiger partial charge on any atom is -0.406 e. The highest BCUT2D eigenvalue weighted by Crippen LogP contribution is 2.25. The van der Waals surface area contributed by atoms with Crippen LogP contribution in [0.25, 0.3) is 0 Å². The first-order valence-electron chi connectivity index (χ1n) is 5.19. The predicted octanol–water partition coefficient (Wildman–Crippen LogP) is 2.49. The summed E-state index contributed by atoms with van der Waals surface area (Å²) in [5.41, 5.74) is 1.86. The quantitative estimate of drug-likeness (QED) is 0.875. The second-order valence-electron chi connectivity index (χ2n) is 3.64. The van der Waals surface area contributed by atoms with Crippen molar-refractivity contribution in [3.8, 4) is 0 Å². The molecular formula is C11H13ClN4O. The van der Waals surface area contributed by atoms with Crippen molar-refractivity contribution in [1.29, 1.82) is 0 Å². The van der Waals surface area contributed by atoms with Gasteiger partial charge in [-0.3, -0.25) is 0 Å². The van der Waals surface area contributed by atoms with Crippen molar-refractivity contribution in [1.82, 2.24) is 15.5 Å². The maximum atomic E-state index is 6.05. The zero-order valence-electron chi connectivity index (χ0n) is 9.62. The van der Waals surface area contributed by atoms with E-state index in [0.717, 1.165) is 11.3 Å². The van der Waals surface area contributed by atoms with Gasteiger partial charge in [0.1, 0.15) is 0 Å². The normalized spacial score (nSPS) is 10.5. The number of nitrogens with zero attached hydrogens (tertiary/aromatic N) is 2. The van der Waals surface area contributed by atoms with Crippen molar-refractivity contribution in [2.45, 2.75) is 13.5 Å². The molecule has 17 heavy (non-hydrogen) atoms. The molecule has 0 unspecified atom stereocenters. The molecule has 0 amide bonds. The third kappa shape index (κ3) is 2.95. The van der Waals surface area contributed by atoms with Gasteiger partial charge in [-0.2, -0.15) is 0 Å². The lowest BCUT2D eigenvalue weighted by atomic mass is 10.2. The summed E-state index contributed by atoms with van der Waals surface area (Å²) in [5, 5.41) is 14.3. The topological polar surface area (TPSA) is 63.0 Å². The first kappa shape index (κ1) is 11.9. The molecule has 0 fully saturated rings. The van der Waals surface area contributed by atoms with Crippen molar-refractivity contribution in [2.75, 3.05) is 12.4 Å². The Morgan fingerprint density at radius 1 is 1.35 bits per heavy atom. The van der Waals surface area contributed by atoms with Gasteiger partial charge in [-0.15, -0.1) is 5.10 Å². The number of benzene rings is 1. The second kappa shape index (κ2) is 5.16. The Morgan fingerprint density at radius 3 is 2.94 bits per heavy atom. The summed E-state index contributed by atoms with van der Waals surface area (Å²) < 4.78 is 5.37. The van der Waals surface area contributed by atoms with E-state index in [0.29, 0.717) is 23.5 Å². The fraction of sp³-hybridized carbons (Fsp3) is 0.273. The smallest absolute Gasteiger partial charge is 0.320 e. The molecule has 0 bridgehead atoms. The van der Waals surface area contributed by atoms with E-state index in [9.17, 15) is 0 Å². The van der Waals surface area contributed by atoms with Gasteiger partial charge in [0, 0.05) is 0 Å². The molecule has 0 atom stereocenters. The third-order valence-corrected chi connectivity index (χ3v) is 2.49. The summed E-state index contributed by atoms with van der Waals surface area (Å²) in [6.45, 7) is 2.53. The third-order valence-electron chi connectivity index (χ3n) is 2.16. The van der Waals surface area contributed by atoms with Crippen LogP contribution < -0.4 is 10.6 Å². The zero-order chi connectivity index (χ0) is 12.3. The molecule has 0 radical (unpaired) electrons. The fourth-order valence-electron chi connectivity index (χ4n) is 1.38. The first-order valence-corrected chi connectivity index (χ1v) is 5.57. The Morgan fingerprint density at radius 2 is 2.18 bits per heavy atom. The standard InChI is InChI=1S/C11H13ClN4O/c1-7-3-4-8(12)9(5-7)14-11-16-15-10(17-11)6-13-2/h3-5,13H,6H2,1-2H3,(H,14,16). The second-order valence-corrected chi connectivity index (χ2v) is 4.05. The Kier molecular flexibility index (Phi) is 3.61. The van der Waals surface area contributed by atoms with Gasteiger partial charge < -0.3 is 15.1 Å². The van der Waals surface area contributed by atoms with E-state index in [4.69, 9.17) is 16.0 Å². The van der Waals surface area contributed by atoms with Crippen LogP contribution in [0.15, 0.2) is 22.6 Å². The van der Waals surface area contributed by atoms with Gasteiger partial charge in [0.25, 0.3) is 0 Å². The molecule has 2 aromatic rings. The number of anilines is 2. The van der Waals surface area contributed by atoms with Crippen LogP contribution in [-0.4, -0.2) is 17.2 Å². The SMILES string of the molecule is CNCc1nnc(Nc2cc(C)ccc2Cl)o1. The number of aryl methyl sites for hydroxylation is 1. The van der Waals surface area contributed by atoms with Crippen LogP contribution in [0.2, 0.25) is 5.02 Å². The number of hydrogen-bond donors (Lipinski definition) is 2. The van der Waals surface area contributed by atoms with Crippen molar-refractivity contribution in [3.63, 3.8) is 0 Å². The highest BCUT2D eigenvalue weighted by atomic mass is 35.5. The summed E-state index contributed by atoms with van der Waals surface area (Å²) in [5.74, 6) is 0.527. The van der Waals surface area contributed by atoms with Crippen LogP contribution in [0, 0.1) is 6.92 Å². The fourth-order valence-corrected chi connectivity index (χ4v) is 1.54. The minimum absolute atomic E-state index is 0.336. The molecule has 5 nitrogen and oxygen atoms in total. The molecule has 0 spiro atoms. The van der Waals surface area contributed by atoms with E-state index in [1.165, 1.54) is 0 Å². The molecule has 0 aliphatic carbocycles. The van der Waals surface area contributed by atoms with Gasteiger partial charge in [0.05, 0.1) is 17.3 Å². The highest BCUT2D eigenvalue weighted by Gasteiger charge is 2.07. The lowest BCUT2D eigenvalue weighted by molar-refractivity contribution is 0.493. The Hall–Kier alpha value is -1.59. The molecule has 1 aromatic heterocycles. The lowest BCUT2D eigenvalue weighted by Crippen LogP contribution is -2.04. The molecule has 2 N–H and O–H groups in total. The average Bonchev–Trinajstić information content (AvgIpc) is 2.72. The van der Waals surface area contributed by atoms with E-state index in [1.807, 2.05) is 32.2 Å². The maximum Gasteiger partial charge on any atom is 0.320 e. The van der Waals surface area contributed by atoms with Crippen molar-refractivity contribution < 1.29 is 4.42 Å². The summed E-state index contributed by atoms with van der Waals surface area (Å²) in [6, 6.07) is 6.02. The summed E-state index contributed by atoms with van der Waals surface area (Å²) in [6.07, 6.45) is 0. The Bertz CT molecular complexity index is 512. The average molecular weight is 253 g/mol. The molecule has 90 valence electrons. The van der Waals surface area contributed by atoms with Crippen LogP contribution in [0.1, 0.15) is 11.5 Å². The molecule has 0 aliphatic rings. The molecular weight excluding hydrogens is 240 g/mol. The van der Waals surface area contributed by atoms with E-state index in [-0.39, 0.29) is 0 Å². The molecule has 2 rings (SSSR count). The van der Waals surface area contributed by atoms with Crippen molar-refractivity contribution >= 4 is 23.3 Å². The first-order chi connectivity index (χ1) is 8.19. The van der Waals surface area contributed by atoms with Crippen molar-refractivity contribution in [2.24, 2.45) is 0 Å². The van der Waals surface area contributed by atoms with Gasteiger partial charge in [-0.05, 0) is 31.7 Å². The van der Waals surface area contributed by atoms with E-state index in [2.05, 4.69) is 20.8 Å². The summed E-state index contributed by atoms with van der Waals surface area (Å²) in [4.78, 5) is 0. The van der Waals surface area contributed by atoms with Gasteiger partial charge in [0.15, 0.2) is 0 Å². The number of nitrogens with one attached hydrogen (secondary N) is 2. The zero-order valence-corrected chi connectivity index (χ0v) is 10.4.